The Bertz CT molecular complexity index is 584. The summed E-state index contributed by atoms with van der Waals surface area (Å²) in [6, 6.07) is 10.6. The highest BCUT2D eigenvalue weighted by atomic mass is 35.5. The Kier molecular flexibility index (Phi) is 5.51. The Morgan fingerprint density at radius 3 is 2.52 bits per heavy atom. The molecule has 0 aliphatic carbocycles. The van der Waals surface area contributed by atoms with Crippen LogP contribution in [0.1, 0.15) is 30.3 Å². The van der Waals surface area contributed by atoms with E-state index in [0.717, 1.165) is 18.5 Å². The normalized spacial score (nSPS) is 10.2. The molecular weight excluding hydrogens is 288 g/mol. The van der Waals surface area contributed by atoms with Crippen molar-refractivity contribution < 1.29 is 4.79 Å². The summed E-state index contributed by atoms with van der Waals surface area (Å²) in [5.74, 6) is 0.372. The van der Waals surface area contributed by atoms with Gasteiger partial charge < -0.3 is 10.6 Å². The second-order valence-electron chi connectivity index (χ2n) is 4.55. The molecule has 1 amide bonds. The van der Waals surface area contributed by atoms with Crippen LogP contribution in [0.3, 0.4) is 0 Å². The van der Waals surface area contributed by atoms with Crippen molar-refractivity contribution in [3.63, 3.8) is 0 Å². The fraction of sp³-hybridized carbons (Fsp3) is 0.267. The molecule has 0 atom stereocenters. The summed E-state index contributed by atoms with van der Waals surface area (Å²) in [5.41, 5.74) is 1.17. The molecule has 0 bridgehead atoms. The van der Waals surface area contributed by atoms with Crippen molar-refractivity contribution in [1.29, 1.82) is 0 Å². The molecular formula is C15H17ClN4O. The van der Waals surface area contributed by atoms with Gasteiger partial charge in [-0.3, -0.25) is 4.79 Å². The molecule has 2 N–H and O–H groups in total. The van der Waals surface area contributed by atoms with E-state index in [1.807, 2.05) is 12.1 Å². The maximum Gasteiger partial charge on any atom is 0.271 e. The van der Waals surface area contributed by atoms with Crippen LogP contribution in [-0.4, -0.2) is 22.6 Å². The third-order valence-electron chi connectivity index (χ3n) is 2.83. The lowest BCUT2D eigenvalue weighted by atomic mass is 10.3. The lowest BCUT2D eigenvalue weighted by molar-refractivity contribution is 0.0947. The zero-order chi connectivity index (χ0) is 15.1. The van der Waals surface area contributed by atoms with E-state index >= 15 is 0 Å². The van der Waals surface area contributed by atoms with Gasteiger partial charge in [0.1, 0.15) is 0 Å². The molecule has 21 heavy (non-hydrogen) atoms. The summed E-state index contributed by atoms with van der Waals surface area (Å²) in [5, 5.41) is 14.5. The number of nitrogens with one attached hydrogen (secondary N) is 2. The Morgan fingerprint density at radius 1 is 1.14 bits per heavy atom. The monoisotopic (exact) mass is 304 g/mol. The topological polar surface area (TPSA) is 66.9 Å². The molecule has 1 heterocycles. The lowest BCUT2D eigenvalue weighted by Gasteiger charge is -2.06. The van der Waals surface area contributed by atoms with Crippen LogP contribution in [0.4, 0.5) is 11.5 Å². The molecule has 110 valence electrons. The van der Waals surface area contributed by atoms with Gasteiger partial charge in [0, 0.05) is 17.3 Å². The molecule has 0 saturated heterocycles. The number of nitrogens with zero attached hydrogens (tertiary/aromatic N) is 2. The average molecular weight is 305 g/mol. The van der Waals surface area contributed by atoms with E-state index in [4.69, 9.17) is 11.6 Å². The number of carbonyl (C=O) groups excluding carboxylic acids is 1. The van der Waals surface area contributed by atoms with E-state index < -0.39 is 0 Å². The zero-order valence-electron chi connectivity index (χ0n) is 11.8. The number of benzene rings is 1. The van der Waals surface area contributed by atoms with Crippen LogP contribution < -0.4 is 10.6 Å². The molecule has 0 aliphatic heterocycles. The van der Waals surface area contributed by atoms with Gasteiger partial charge in [-0.2, -0.15) is 0 Å². The number of hydrogen-bond donors (Lipinski definition) is 2. The van der Waals surface area contributed by atoms with Crippen LogP contribution in [-0.2, 0) is 0 Å². The predicted molar refractivity (Wildman–Crippen MR) is 84.0 cm³/mol. The van der Waals surface area contributed by atoms with Crippen molar-refractivity contribution in [3.8, 4) is 0 Å². The molecule has 2 aromatic rings. The standard InChI is InChI=1S/C15H17ClN4O/c1-2-3-10-17-15(21)13-8-9-14(20-19-13)18-12-6-4-11(16)5-7-12/h4-9H,2-3,10H2,1H3,(H,17,21)(H,18,20). The molecule has 6 heteroatoms. The van der Waals surface area contributed by atoms with Gasteiger partial charge >= 0.3 is 0 Å². The Hall–Kier alpha value is -2.14. The van der Waals surface area contributed by atoms with Gasteiger partial charge in [-0.15, -0.1) is 10.2 Å². The quantitative estimate of drug-likeness (QED) is 0.803. The fourth-order valence-corrected chi connectivity index (χ4v) is 1.80. The van der Waals surface area contributed by atoms with E-state index in [0.29, 0.717) is 23.1 Å². The van der Waals surface area contributed by atoms with Gasteiger partial charge in [0.2, 0.25) is 0 Å². The summed E-state index contributed by atoms with van der Waals surface area (Å²) in [6.45, 7) is 2.73. The number of amides is 1. The minimum Gasteiger partial charge on any atom is -0.351 e. The first-order valence-electron chi connectivity index (χ1n) is 6.83. The highest BCUT2D eigenvalue weighted by molar-refractivity contribution is 6.30. The summed E-state index contributed by atoms with van der Waals surface area (Å²) < 4.78 is 0. The maximum atomic E-state index is 11.8. The number of hydrogen-bond acceptors (Lipinski definition) is 4. The molecule has 0 saturated carbocycles. The van der Waals surface area contributed by atoms with Crippen molar-refractivity contribution in [2.24, 2.45) is 0 Å². The van der Waals surface area contributed by atoms with Crippen molar-refractivity contribution in [1.82, 2.24) is 15.5 Å². The third-order valence-corrected chi connectivity index (χ3v) is 3.08. The highest BCUT2D eigenvalue weighted by Gasteiger charge is 2.07. The zero-order valence-corrected chi connectivity index (χ0v) is 12.5. The Balaban J connectivity index is 1.95. The van der Waals surface area contributed by atoms with Crippen molar-refractivity contribution in [2.45, 2.75) is 19.8 Å². The molecule has 0 spiro atoms. The summed E-state index contributed by atoms with van der Waals surface area (Å²) in [7, 11) is 0. The second-order valence-corrected chi connectivity index (χ2v) is 4.98. The number of aromatic nitrogens is 2. The van der Waals surface area contributed by atoms with Gasteiger partial charge in [0.25, 0.3) is 5.91 Å². The fourth-order valence-electron chi connectivity index (χ4n) is 1.67. The minimum absolute atomic E-state index is 0.200. The van der Waals surface area contributed by atoms with Gasteiger partial charge in [-0.1, -0.05) is 24.9 Å². The molecule has 1 aromatic heterocycles. The first-order chi connectivity index (χ1) is 10.2. The van der Waals surface area contributed by atoms with Crippen LogP contribution in [0, 0.1) is 0 Å². The molecule has 0 unspecified atom stereocenters. The molecule has 0 aliphatic rings. The number of rotatable bonds is 6. The first-order valence-corrected chi connectivity index (χ1v) is 7.21. The highest BCUT2D eigenvalue weighted by Crippen LogP contribution is 2.17. The Labute approximate surface area is 128 Å². The van der Waals surface area contributed by atoms with Crippen LogP contribution in [0.25, 0.3) is 0 Å². The van der Waals surface area contributed by atoms with E-state index in [2.05, 4.69) is 27.8 Å². The van der Waals surface area contributed by atoms with E-state index in [1.54, 1.807) is 24.3 Å². The van der Waals surface area contributed by atoms with Gasteiger partial charge in [0.05, 0.1) is 0 Å². The van der Waals surface area contributed by atoms with Gasteiger partial charge in [0.15, 0.2) is 11.5 Å². The molecule has 0 radical (unpaired) electrons. The van der Waals surface area contributed by atoms with Crippen molar-refractivity contribution in [2.75, 3.05) is 11.9 Å². The maximum absolute atomic E-state index is 11.8. The number of anilines is 2. The summed E-state index contributed by atoms with van der Waals surface area (Å²) in [4.78, 5) is 11.8. The number of carbonyl (C=O) groups is 1. The van der Waals surface area contributed by atoms with Crippen LogP contribution in [0.2, 0.25) is 5.02 Å². The van der Waals surface area contributed by atoms with Crippen LogP contribution in [0.5, 0.6) is 0 Å². The van der Waals surface area contributed by atoms with E-state index in [-0.39, 0.29) is 5.91 Å². The van der Waals surface area contributed by atoms with Gasteiger partial charge in [-0.05, 0) is 42.8 Å². The first kappa shape index (κ1) is 15.3. The average Bonchev–Trinajstić information content (AvgIpc) is 2.50. The van der Waals surface area contributed by atoms with Crippen LogP contribution in [0.15, 0.2) is 36.4 Å². The van der Waals surface area contributed by atoms with E-state index in [9.17, 15) is 4.79 Å². The van der Waals surface area contributed by atoms with E-state index in [1.165, 1.54) is 0 Å². The number of halogens is 1. The third kappa shape index (κ3) is 4.72. The smallest absolute Gasteiger partial charge is 0.271 e. The second kappa shape index (κ2) is 7.59. The van der Waals surface area contributed by atoms with Crippen molar-refractivity contribution in [3.05, 3.63) is 47.1 Å². The molecule has 0 fully saturated rings. The molecule has 5 nitrogen and oxygen atoms in total. The summed E-state index contributed by atoms with van der Waals surface area (Å²) in [6.07, 6.45) is 1.99. The molecule has 2 rings (SSSR count). The lowest BCUT2D eigenvalue weighted by Crippen LogP contribution is -2.25. The van der Waals surface area contributed by atoms with Crippen molar-refractivity contribution >= 4 is 29.0 Å². The van der Waals surface area contributed by atoms with Gasteiger partial charge in [-0.25, -0.2) is 0 Å². The SMILES string of the molecule is CCCCNC(=O)c1ccc(Nc2ccc(Cl)cc2)nn1. The van der Waals surface area contributed by atoms with Crippen LogP contribution >= 0.6 is 11.6 Å². The Morgan fingerprint density at radius 2 is 1.90 bits per heavy atom. The molecule has 1 aromatic carbocycles. The minimum atomic E-state index is -0.200. The summed E-state index contributed by atoms with van der Waals surface area (Å²) >= 11 is 5.82. The number of unbranched alkanes of at least 4 members (excludes halogenated alkanes) is 1. The predicted octanol–water partition coefficient (Wildman–Crippen LogP) is 3.40. The largest absolute Gasteiger partial charge is 0.351 e.